The number of sulfonamides is 1. The fraction of sp³-hybridized carbons (Fsp3) is 0.111. The lowest BCUT2D eigenvalue weighted by atomic mass is 10.1. The van der Waals surface area contributed by atoms with E-state index in [4.69, 9.17) is 4.74 Å². The molecule has 0 radical (unpaired) electrons. The van der Waals surface area contributed by atoms with Crippen molar-refractivity contribution in [1.82, 2.24) is 14.3 Å². The monoisotopic (exact) mass is 461 g/mol. The fourth-order valence-corrected chi connectivity index (χ4v) is 5.29. The van der Waals surface area contributed by atoms with Gasteiger partial charge >= 0.3 is 5.00 Å². The fourth-order valence-electron chi connectivity index (χ4n) is 3.12. The minimum atomic E-state index is -3.95. The van der Waals surface area contributed by atoms with Gasteiger partial charge in [-0.1, -0.05) is 23.5 Å². The lowest BCUT2D eigenvalue weighted by Crippen LogP contribution is -2.37. The lowest BCUT2D eigenvalue weighted by molar-refractivity contribution is -0.380. The molecule has 0 unspecified atom stereocenters. The van der Waals surface area contributed by atoms with Gasteiger partial charge < -0.3 is 9.72 Å². The van der Waals surface area contributed by atoms with Crippen LogP contribution in [0.2, 0.25) is 0 Å². The highest BCUT2D eigenvalue weighted by atomic mass is 32.2. The van der Waals surface area contributed by atoms with Gasteiger partial charge in [-0.2, -0.15) is 0 Å². The average molecular weight is 461 g/mol. The molecule has 2 N–H and O–H groups in total. The summed E-state index contributed by atoms with van der Waals surface area (Å²) in [6.07, 6.45) is 1.41. The van der Waals surface area contributed by atoms with Crippen molar-refractivity contribution in [1.29, 1.82) is 0 Å². The number of benzene rings is 1. The van der Waals surface area contributed by atoms with Crippen LogP contribution in [0.5, 0.6) is 0 Å². The number of H-pyrrole nitrogens is 1. The first-order valence-corrected chi connectivity index (χ1v) is 11.0. The molecule has 1 aromatic carbocycles. The molecule has 13 heteroatoms. The number of ether oxygens (including phenoxy) is 1. The molecule has 0 saturated carbocycles. The number of aromatic nitrogens is 2. The Bertz CT molecular complexity index is 1340. The van der Waals surface area contributed by atoms with Crippen molar-refractivity contribution < 1.29 is 22.9 Å². The van der Waals surface area contributed by atoms with Crippen molar-refractivity contribution in [3.63, 3.8) is 0 Å². The number of methoxy groups -OCH3 is 1. The zero-order valence-electron chi connectivity index (χ0n) is 16.1. The molecule has 0 bridgehead atoms. The molecule has 0 saturated heterocycles. The summed E-state index contributed by atoms with van der Waals surface area (Å²) in [6.45, 7) is 0. The molecule has 3 aromatic rings. The van der Waals surface area contributed by atoms with Gasteiger partial charge in [-0.25, -0.2) is 13.4 Å². The molecule has 0 aliphatic carbocycles. The summed E-state index contributed by atoms with van der Waals surface area (Å²) in [7, 11) is -1.34. The van der Waals surface area contributed by atoms with Crippen LogP contribution in [0.3, 0.4) is 0 Å². The number of thiophene rings is 1. The van der Waals surface area contributed by atoms with Crippen LogP contribution in [0.4, 0.5) is 10.9 Å². The summed E-state index contributed by atoms with van der Waals surface area (Å²) in [4.78, 5) is 30.8. The van der Waals surface area contributed by atoms with Crippen LogP contribution in [0.25, 0.3) is 16.3 Å². The Kier molecular flexibility index (Phi) is 4.99. The van der Waals surface area contributed by atoms with E-state index in [2.05, 4.69) is 15.3 Å². The van der Waals surface area contributed by atoms with Crippen molar-refractivity contribution in [2.45, 2.75) is 4.90 Å². The summed E-state index contributed by atoms with van der Waals surface area (Å²) < 4.78 is 31.9. The summed E-state index contributed by atoms with van der Waals surface area (Å²) >= 11 is 0.951. The normalized spacial score (nSPS) is 14.8. The third-order valence-corrected chi connectivity index (χ3v) is 7.45. The summed E-state index contributed by atoms with van der Waals surface area (Å²) in [5.74, 6) is -0.606. The number of carbonyl (C=O) groups is 1. The molecular formula is C18H15N5O6S2. The first kappa shape index (κ1) is 20.6. The number of nitrogens with one attached hydrogen (secondary N) is 2. The van der Waals surface area contributed by atoms with Crippen LogP contribution in [0, 0.1) is 10.1 Å². The molecule has 31 heavy (non-hydrogen) atoms. The number of anilines is 1. The quantitative estimate of drug-likeness (QED) is 0.438. The molecular weight excluding hydrogens is 446 g/mol. The largest absolute Gasteiger partial charge is 0.494 e. The highest BCUT2D eigenvalue weighted by Gasteiger charge is 2.38. The van der Waals surface area contributed by atoms with E-state index in [1.54, 1.807) is 24.3 Å². The second-order valence-electron chi connectivity index (χ2n) is 6.35. The Morgan fingerprint density at radius 1 is 1.29 bits per heavy atom. The molecule has 11 nitrogen and oxygen atoms in total. The predicted octanol–water partition coefficient (Wildman–Crippen LogP) is 2.63. The van der Waals surface area contributed by atoms with Crippen LogP contribution in [-0.2, 0) is 19.6 Å². The van der Waals surface area contributed by atoms with E-state index in [0.717, 1.165) is 15.6 Å². The number of hydrogen-bond acceptors (Lipinski definition) is 8. The van der Waals surface area contributed by atoms with E-state index in [1.807, 2.05) is 0 Å². The van der Waals surface area contributed by atoms with E-state index in [-0.39, 0.29) is 32.9 Å². The van der Waals surface area contributed by atoms with Gasteiger partial charge in [0.15, 0.2) is 11.5 Å². The Labute approximate surface area is 180 Å². The van der Waals surface area contributed by atoms with E-state index >= 15 is 0 Å². The van der Waals surface area contributed by atoms with E-state index in [9.17, 15) is 23.3 Å². The van der Waals surface area contributed by atoms with Gasteiger partial charge in [-0.15, -0.1) is 0 Å². The van der Waals surface area contributed by atoms with Crippen molar-refractivity contribution >= 4 is 44.0 Å². The summed E-state index contributed by atoms with van der Waals surface area (Å²) in [6, 6.07) is 9.16. The number of amides is 1. The molecule has 0 fully saturated rings. The number of aromatic amines is 1. The van der Waals surface area contributed by atoms with Crippen LogP contribution in [0.1, 0.15) is 5.56 Å². The number of nitro groups is 1. The van der Waals surface area contributed by atoms with Crippen LogP contribution in [-0.4, -0.2) is 47.7 Å². The Morgan fingerprint density at radius 3 is 2.71 bits per heavy atom. The van der Waals surface area contributed by atoms with Gasteiger partial charge in [-0.3, -0.25) is 24.5 Å². The topological polar surface area (TPSA) is 148 Å². The maximum absolute atomic E-state index is 13.0. The molecule has 3 heterocycles. The van der Waals surface area contributed by atoms with Gasteiger partial charge in [0, 0.05) is 18.7 Å². The van der Waals surface area contributed by atoms with E-state index in [0.29, 0.717) is 10.6 Å². The number of hydrogen-bond donors (Lipinski definition) is 2. The standard InChI is InChI=1S/C18H15N5O6S2/c1-22-15(16(29-2)10-5-3-4-6-13(10)31(22,27)28)17(24)21-18-19-9-11(20-18)12-7-8-14(30-12)23(25)26/h3-9H,1-2H3,(H2,19,20,21,24). The van der Waals surface area contributed by atoms with Gasteiger partial charge in [0.1, 0.15) is 0 Å². The van der Waals surface area contributed by atoms with Crippen LogP contribution < -0.4 is 5.32 Å². The molecule has 1 aliphatic heterocycles. The van der Waals surface area contributed by atoms with Crippen LogP contribution in [0.15, 0.2) is 53.2 Å². The number of nitrogens with zero attached hydrogens (tertiary/aromatic N) is 3. The van der Waals surface area contributed by atoms with E-state index in [1.165, 1.54) is 32.5 Å². The Hall–Kier alpha value is -3.71. The van der Waals surface area contributed by atoms with Crippen molar-refractivity contribution in [2.75, 3.05) is 19.5 Å². The molecule has 1 amide bonds. The number of imidazole rings is 1. The molecule has 4 rings (SSSR count). The maximum Gasteiger partial charge on any atom is 0.324 e. The van der Waals surface area contributed by atoms with Crippen LogP contribution >= 0.6 is 11.3 Å². The lowest BCUT2D eigenvalue weighted by Gasteiger charge is -2.29. The van der Waals surface area contributed by atoms with Gasteiger partial charge in [0.25, 0.3) is 15.9 Å². The smallest absolute Gasteiger partial charge is 0.324 e. The number of likely N-dealkylation sites (N-methyl/N-ethyl adjacent to an activating group) is 1. The zero-order valence-corrected chi connectivity index (χ0v) is 17.8. The van der Waals surface area contributed by atoms with Gasteiger partial charge in [-0.05, 0) is 18.2 Å². The second kappa shape index (κ2) is 7.52. The Balaban J connectivity index is 1.67. The predicted molar refractivity (Wildman–Crippen MR) is 113 cm³/mol. The third kappa shape index (κ3) is 3.43. The van der Waals surface area contributed by atoms with Crippen molar-refractivity contribution in [3.8, 4) is 10.6 Å². The zero-order chi connectivity index (χ0) is 22.3. The minimum absolute atomic E-state index is 0.0298. The number of rotatable bonds is 5. The third-order valence-electron chi connectivity index (χ3n) is 4.56. The first-order chi connectivity index (χ1) is 14.7. The minimum Gasteiger partial charge on any atom is -0.494 e. The number of carbonyl (C=O) groups excluding carboxylic acids is 1. The summed E-state index contributed by atoms with van der Waals surface area (Å²) in [5.41, 5.74) is 0.537. The SMILES string of the molecule is COC1=C(C(=O)Nc2ncc(-c3ccc([N+](=O)[O-])s3)[nH]2)N(C)S(=O)(=O)c2ccccc21. The van der Waals surface area contributed by atoms with Gasteiger partial charge in [0.05, 0.1) is 33.7 Å². The van der Waals surface area contributed by atoms with Crippen molar-refractivity contribution in [3.05, 3.63) is 64.0 Å². The summed E-state index contributed by atoms with van der Waals surface area (Å²) in [5, 5.41) is 13.3. The van der Waals surface area contributed by atoms with Crippen molar-refractivity contribution in [2.24, 2.45) is 0 Å². The highest BCUT2D eigenvalue weighted by Crippen LogP contribution is 2.36. The van der Waals surface area contributed by atoms with Gasteiger partial charge in [0.2, 0.25) is 5.95 Å². The molecule has 2 aromatic heterocycles. The molecule has 160 valence electrons. The van der Waals surface area contributed by atoms with E-state index < -0.39 is 20.9 Å². The highest BCUT2D eigenvalue weighted by molar-refractivity contribution is 7.89. The molecule has 0 atom stereocenters. The number of fused-ring (bicyclic) bond motifs is 1. The Morgan fingerprint density at radius 2 is 2.03 bits per heavy atom. The molecule has 1 aliphatic rings. The average Bonchev–Trinajstić information content (AvgIpc) is 3.40. The maximum atomic E-state index is 13.0. The second-order valence-corrected chi connectivity index (χ2v) is 9.35. The molecule has 0 spiro atoms. The first-order valence-electron chi connectivity index (χ1n) is 8.71.